The standard InChI is InChI=1S/C24H40O2/c1-15-8-7-12-24(6)13-11-20-19(22(16(2)25)17(3)26)10-9-18(14-21(15)24)23(20,4)5/h15,18-22H,7-14H2,1-6H3/t15-,18+,19-,20+,21-,24+/m1/s1. The lowest BCUT2D eigenvalue weighted by Crippen LogP contribution is -2.51. The van der Waals surface area contributed by atoms with E-state index in [4.69, 9.17) is 0 Å². The molecule has 0 radical (unpaired) electrons. The van der Waals surface area contributed by atoms with Crippen LogP contribution in [0.2, 0.25) is 0 Å². The molecule has 0 aromatic carbocycles. The van der Waals surface area contributed by atoms with Gasteiger partial charge in [0.05, 0.1) is 5.92 Å². The molecule has 0 aromatic rings. The molecule has 2 heteroatoms. The van der Waals surface area contributed by atoms with Crippen LogP contribution >= 0.6 is 0 Å². The number of Topliss-reactive ketones (excluding diaryl/α,β-unsaturated/α-hetero) is 2. The third-order valence-corrected chi connectivity index (χ3v) is 9.23. The lowest BCUT2D eigenvalue weighted by Gasteiger charge is -2.58. The maximum Gasteiger partial charge on any atom is 0.140 e. The van der Waals surface area contributed by atoms with Gasteiger partial charge < -0.3 is 0 Å². The highest BCUT2D eigenvalue weighted by Crippen LogP contribution is 2.61. The van der Waals surface area contributed by atoms with Crippen LogP contribution < -0.4 is 0 Å². The van der Waals surface area contributed by atoms with E-state index in [0.29, 0.717) is 11.3 Å². The van der Waals surface area contributed by atoms with Gasteiger partial charge in [-0.05, 0) is 92.8 Å². The van der Waals surface area contributed by atoms with Crippen molar-refractivity contribution in [1.82, 2.24) is 0 Å². The van der Waals surface area contributed by atoms with Crippen molar-refractivity contribution in [3.63, 3.8) is 0 Å². The number of hydrogen-bond donors (Lipinski definition) is 0. The Kier molecular flexibility index (Phi) is 5.45. The van der Waals surface area contributed by atoms with E-state index in [0.717, 1.165) is 24.2 Å². The minimum Gasteiger partial charge on any atom is -0.299 e. The summed E-state index contributed by atoms with van der Waals surface area (Å²) >= 11 is 0. The van der Waals surface area contributed by atoms with E-state index in [1.165, 1.54) is 44.9 Å². The van der Waals surface area contributed by atoms with Crippen molar-refractivity contribution in [3.05, 3.63) is 0 Å². The molecular formula is C24H40O2. The summed E-state index contributed by atoms with van der Waals surface area (Å²) < 4.78 is 0. The monoisotopic (exact) mass is 360 g/mol. The van der Waals surface area contributed by atoms with E-state index in [1.54, 1.807) is 13.8 Å². The first-order valence-electron chi connectivity index (χ1n) is 11.1. The minimum atomic E-state index is -0.367. The van der Waals surface area contributed by atoms with Gasteiger partial charge in [0.1, 0.15) is 11.6 Å². The fourth-order valence-corrected chi connectivity index (χ4v) is 7.64. The van der Waals surface area contributed by atoms with Crippen LogP contribution in [-0.2, 0) is 9.59 Å². The van der Waals surface area contributed by atoms with Crippen molar-refractivity contribution in [1.29, 1.82) is 0 Å². The van der Waals surface area contributed by atoms with E-state index in [9.17, 15) is 9.59 Å². The molecule has 26 heavy (non-hydrogen) atoms. The van der Waals surface area contributed by atoms with Gasteiger partial charge in [-0.15, -0.1) is 0 Å². The highest BCUT2D eigenvalue weighted by atomic mass is 16.1. The Balaban J connectivity index is 1.94. The largest absolute Gasteiger partial charge is 0.299 e. The number of rotatable bonds is 3. The Morgan fingerprint density at radius 3 is 2.15 bits per heavy atom. The van der Waals surface area contributed by atoms with Gasteiger partial charge >= 0.3 is 0 Å². The molecule has 0 aliphatic heterocycles. The number of carbonyl (C=O) groups excluding carboxylic acids is 2. The van der Waals surface area contributed by atoms with Crippen molar-refractivity contribution >= 4 is 11.6 Å². The smallest absolute Gasteiger partial charge is 0.140 e. The number of hydrogen-bond acceptors (Lipinski definition) is 2. The quantitative estimate of drug-likeness (QED) is 0.572. The number of carbonyl (C=O) groups is 2. The van der Waals surface area contributed by atoms with Gasteiger partial charge in [-0.2, -0.15) is 0 Å². The predicted molar refractivity (Wildman–Crippen MR) is 107 cm³/mol. The second kappa shape index (κ2) is 7.06. The highest BCUT2D eigenvalue weighted by Gasteiger charge is 2.53. The molecule has 3 saturated carbocycles. The van der Waals surface area contributed by atoms with Gasteiger partial charge in [0.15, 0.2) is 0 Å². The molecule has 0 aromatic heterocycles. The van der Waals surface area contributed by atoms with E-state index in [1.807, 2.05) is 0 Å². The lowest BCUT2D eigenvalue weighted by molar-refractivity contribution is -0.139. The fourth-order valence-electron chi connectivity index (χ4n) is 7.64. The maximum absolute atomic E-state index is 12.3. The normalized spacial score (nSPS) is 42.5. The summed E-state index contributed by atoms with van der Waals surface area (Å²) in [5, 5.41) is 0. The summed E-state index contributed by atoms with van der Waals surface area (Å²) in [6, 6.07) is 0. The van der Waals surface area contributed by atoms with Crippen LogP contribution in [0.1, 0.15) is 92.9 Å². The lowest BCUT2D eigenvalue weighted by atomic mass is 9.47. The van der Waals surface area contributed by atoms with E-state index < -0.39 is 0 Å². The third kappa shape index (κ3) is 3.31. The molecule has 0 saturated heterocycles. The van der Waals surface area contributed by atoms with E-state index in [-0.39, 0.29) is 28.8 Å². The zero-order chi connectivity index (χ0) is 19.3. The summed E-state index contributed by atoms with van der Waals surface area (Å²) in [7, 11) is 0. The second-order valence-corrected chi connectivity index (χ2v) is 11.0. The predicted octanol–water partition coefficient (Wildman–Crippen LogP) is 6.08. The van der Waals surface area contributed by atoms with E-state index >= 15 is 0 Å². The maximum atomic E-state index is 12.3. The summed E-state index contributed by atoms with van der Waals surface area (Å²) in [5.41, 5.74) is 0.707. The van der Waals surface area contributed by atoms with E-state index in [2.05, 4.69) is 27.7 Å². The molecule has 0 spiro atoms. The molecule has 0 heterocycles. The average molecular weight is 361 g/mol. The summed E-state index contributed by atoms with van der Waals surface area (Å²) in [6.45, 7) is 13.2. The molecule has 2 nitrogen and oxygen atoms in total. The van der Waals surface area contributed by atoms with Crippen LogP contribution in [-0.4, -0.2) is 11.6 Å². The van der Waals surface area contributed by atoms with Crippen molar-refractivity contribution in [2.24, 2.45) is 46.3 Å². The Hall–Kier alpha value is -0.660. The van der Waals surface area contributed by atoms with Crippen LogP contribution in [0.5, 0.6) is 0 Å². The zero-order valence-electron chi connectivity index (χ0n) is 17.9. The molecule has 148 valence electrons. The van der Waals surface area contributed by atoms with Crippen molar-refractivity contribution in [2.45, 2.75) is 92.9 Å². The second-order valence-electron chi connectivity index (χ2n) is 11.0. The van der Waals surface area contributed by atoms with Crippen LogP contribution in [0.25, 0.3) is 0 Å². The summed E-state index contributed by atoms with van der Waals surface area (Å²) in [4.78, 5) is 24.6. The summed E-state index contributed by atoms with van der Waals surface area (Å²) in [6.07, 6.45) is 10.3. The molecule has 6 atom stereocenters. The third-order valence-electron chi connectivity index (χ3n) is 9.23. The van der Waals surface area contributed by atoms with Crippen molar-refractivity contribution in [3.8, 4) is 0 Å². The Labute approximate surface area is 160 Å². The van der Waals surface area contributed by atoms with Gasteiger partial charge in [-0.3, -0.25) is 9.59 Å². The van der Waals surface area contributed by atoms with Gasteiger partial charge in [-0.1, -0.05) is 40.5 Å². The average Bonchev–Trinajstić information content (AvgIpc) is 2.51. The molecule has 3 rings (SSSR count). The SMILES string of the molecule is CC(=O)C(C(C)=O)[C@@H]1CC[C@H]2C[C@@H]3[C@H](C)CCC[C@@]3(C)CC[C@@H]1C2(C)C. The molecular weight excluding hydrogens is 320 g/mol. The highest BCUT2D eigenvalue weighted by molar-refractivity contribution is 6.00. The zero-order valence-corrected chi connectivity index (χ0v) is 17.9. The van der Waals surface area contributed by atoms with Crippen LogP contribution in [0, 0.1) is 46.3 Å². The molecule has 3 fully saturated rings. The van der Waals surface area contributed by atoms with Crippen molar-refractivity contribution in [2.75, 3.05) is 0 Å². The number of ketones is 2. The van der Waals surface area contributed by atoms with Gasteiger partial charge in [-0.25, -0.2) is 0 Å². The Morgan fingerprint density at radius 2 is 1.54 bits per heavy atom. The molecule has 2 bridgehead atoms. The molecule has 0 unspecified atom stereocenters. The molecule has 0 amide bonds. The Morgan fingerprint density at radius 1 is 0.885 bits per heavy atom. The van der Waals surface area contributed by atoms with Gasteiger partial charge in [0.2, 0.25) is 0 Å². The van der Waals surface area contributed by atoms with Gasteiger partial charge in [0, 0.05) is 0 Å². The van der Waals surface area contributed by atoms with Crippen molar-refractivity contribution < 1.29 is 9.59 Å². The summed E-state index contributed by atoms with van der Waals surface area (Å²) in [5.74, 6) is 3.03. The minimum absolute atomic E-state index is 0.0918. The van der Waals surface area contributed by atoms with Crippen LogP contribution in [0.15, 0.2) is 0 Å². The Bertz CT molecular complexity index is 549. The molecule has 3 aliphatic carbocycles. The molecule has 0 N–H and O–H groups in total. The number of fused-ring (bicyclic) bond motifs is 3. The topological polar surface area (TPSA) is 34.1 Å². The van der Waals surface area contributed by atoms with Gasteiger partial charge in [0.25, 0.3) is 0 Å². The first-order valence-corrected chi connectivity index (χ1v) is 11.1. The van der Waals surface area contributed by atoms with Crippen LogP contribution in [0.3, 0.4) is 0 Å². The fraction of sp³-hybridized carbons (Fsp3) is 0.917. The molecule has 3 aliphatic rings. The van der Waals surface area contributed by atoms with Crippen LogP contribution in [0.4, 0.5) is 0 Å². The first-order chi connectivity index (χ1) is 12.1. The first kappa shape index (κ1) is 20.1.